The second-order valence-corrected chi connectivity index (χ2v) is 5.77. The Morgan fingerprint density at radius 2 is 2.21 bits per heavy atom. The second kappa shape index (κ2) is 6.98. The van der Waals surface area contributed by atoms with Crippen LogP contribution >= 0.6 is 27.3 Å². The summed E-state index contributed by atoms with van der Waals surface area (Å²) < 4.78 is 6.40. The summed E-state index contributed by atoms with van der Waals surface area (Å²) >= 11 is 5.27. The minimum absolute atomic E-state index is 0.00188. The predicted molar refractivity (Wildman–Crippen MR) is 80.7 cm³/mol. The van der Waals surface area contributed by atoms with Crippen molar-refractivity contribution in [2.45, 2.75) is 19.4 Å². The lowest BCUT2D eigenvalue weighted by Crippen LogP contribution is -2.24. The van der Waals surface area contributed by atoms with Crippen molar-refractivity contribution in [3.63, 3.8) is 0 Å². The van der Waals surface area contributed by atoms with Crippen LogP contribution in [0.5, 0.6) is 5.88 Å². The molecule has 2 heterocycles. The fraction of sp³-hybridized carbons (Fsp3) is 0.385. The maximum absolute atomic E-state index is 5.32. The van der Waals surface area contributed by atoms with Crippen LogP contribution in [-0.4, -0.2) is 23.6 Å². The number of halogens is 1. The largest absolute Gasteiger partial charge is 0.480 e. The molecule has 0 aliphatic rings. The van der Waals surface area contributed by atoms with E-state index in [0.717, 1.165) is 23.1 Å². The molecule has 0 spiro atoms. The Morgan fingerprint density at radius 3 is 2.84 bits per heavy atom. The zero-order valence-corrected chi connectivity index (χ0v) is 13.3. The molecule has 0 saturated carbocycles. The van der Waals surface area contributed by atoms with Crippen molar-refractivity contribution >= 4 is 27.3 Å². The van der Waals surface area contributed by atoms with Crippen LogP contribution in [0.4, 0.5) is 0 Å². The van der Waals surface area contributed by atoms with Gasteiger partial charge in [-0.1, -0.05) is 6.92 Å². The van der Waals surface area contributed by atoms with Crippen molar-refractivity contribution in [3.8, 4) is 5.88 Å². The van der Waals surface area contributed by atoms with Crippen molar-refractivity contribution in [2.24, 2.45) is 0 Å². The predicted octanol–water partition coefficient (Wildman–Crippen LogP) is 3.40. The monoisotopic (exact) mass is 341 g/mol. The van der Waals surface area contributed by atoms with Gasteiger partial charge in [-0.25, -0.2) is 4.98 Å². The van der Waals surface area contributed by atoms with E-state index in [1.807, 2.05) is 6.07 Å². The van der Waals surface area contributed by atoms with E-state index in [4.69, 9.17) is 4.74 Å². The number of aromatic nitrogens is 2. The number of hydrogen-bond acceptors (Lipinski definition) is 5. The van der Waals surface area contributed by atoms with Crippen LogP contribution in [0.1, 0.15) is 30.0 Å². The van der Waals surface area contributed by atoms with Gasteiger partial charge in [0.05, 0.1) is 13.2 Å². The fourth-order valence-corrected chi connectivity index (χ4v) is 3.48. The van der Waals surface area contributed by atoms with Gasteiger partial charge >= 0.3 is 0 Å². The van der Waals surface area contributed by atoms with Crippen molar-refractivity contribution < 1.29 is 4.74 Å². The van der Waals surface area contributed by atoms with Crippen molar-refractivity contribution in [3.05, 3.63) is 38.9 Å². The van der Waals surface area contributed by atoms with E-state index < -0.39 is 0 Å². The summed E-state index contributed by atoms with van der Waals surface area (Å²) in [6, 6.07) is 2.04. The molecule has 0 amide bonds. The Labute approximate surface area is 125 Å². The summed E-state index contributed by atoms with van der Waals surface area (Å²) in [7, 11) is 1.62. The lowest BCUT2D eigenvalue weighted by Gasteiger charge is -2.18. The molecule has 1 atom stereocenters. The number of thiophene rings is 1. The standard InChI is InChI=1S/C13H16BrN3OS/c1-3-5-15-10(12-9(14)4-8-19-12)11-13(18-2)17-7-6-16-11/h4,6-8,10,15H,3,5H2,1-2H3. The van der Waals surface area contributed by atoms with E-state index >= 15 is 0 Å². The molecule has 1 N–H and O–H groups in total. The van der Waals surface area contributed by atoms with Crippen LogP contribution in [0.3, 0.4) is 0 Å². The normalized spacial score (nSPS) is 12.4. The zero-order chi connectivity index (χ0) is 13.7. The highest BCUT2D eigenvalue weighted by Crippen LogP contribution is 2.34. The third kappa shape index (κ3) is 3.32. The molecule has 0 aliphatic carbocycles. The smallest absolute Gasteiger partial charge is 0.237 e. The summed E-state index contributed by atoms with van der Waals surface area (Å²) in [5, 5.41) is 5.56. The van der Waals surface area contributed by atoms with Crippen LogP contribution in [0, 0.1) is 0 Å². The molecule has 4 nitrogen and oxygen atoms in total. The lowest BCUT2D eigenvalue weighted by atomic mass is 10.1. The Kier molecular flexibility index (Phi) is 5.30. The number of rotatable bonds is 6. The minimum Gasteiger partial charge on any atom is -0.480 e. The highest BCUT2D eigenvalue weighted by molar-refractivity contribution is 9.10. The van der Waals surface area contributed by atoms with Crippen molar-refractivity contribution in [1.29, 1.82) is 0 Å². The molecule has 102 valence electrons. The summed E-state index contributed by atoms with van der Waals surface area (Å²) in [4.78, 5) is 9.85. The number of hydrogen-bond donors (Lipinski definition) is 1. The van der Waals surface area contributed by atoms with E-state index in [-0.39, 0.29) is 6.04 Å². The summed E-state index contributed by atoms with van der Waals surface area (Å²) in [6.07, 6.45) is 4.39. The van der Waals surface area contributed by atoms with Crippen LogP contribution in [0.15, 0.2) is 28.3 Å². The molecule has 19 heavy (non-hydrogen) atoms. The Hall–Kier alpha value is -0.980. The van der Waals surface area contributed by atoms with Crippen LogP contribution in [0.25, 0.3) is 0 Å². The highest BCUT2D eigenvalue weighted by atomic mass is 79.9. The molecule has 2 aromatic rings. The SMILES string of the molecule is CCCNC(c1nccnc1OC)c1sccc1Br. The molecule has 0 bridgehead atoms. The van der Waals surface area contributed by atoms with Gasteiger partial charge in [0.2, 0.25) is 5.88 Å². The average molecular weight is 342 g/mol. The topological polar surface area (TPSA) is 47.0 Å². The minimum atomic E-state index is -0.00188. The molecular weight excluding hydrogens is 326 g/mol. The lowest BCUT2D eigenvalue weighted by molar-refractivity contribution is 0.383. The summed E-state index contributed by atoms with van der Waals surface area (Å²) in [5.74, 6) is 0.566. The molecule has 0 radical (unpaired) electrons. The van der Waals surface area contributed by atoms with Gasteiger partial charge in [0, 0.05) is 21.7 Å². The van der Waals surface area contributed by atoms with Crippen LogP contribution in [0.2, 0.25) is 0 Å². The van der Waals surface area contributed by atoms with E-state index in [2.05, 4.69) is 43.5 Å². The zero-order valence-electron chi connectivity index (χ0n) is 10.9. The second-order valence-electron chi connectivity index (χ2n) is 3.97. The third-order valence-electron chi connectivity index (χ3n) is 2.66. The van der Waals surface area contributed by atoms with E-state index in [1.54, 1.807) is 30.8 Å². The Bertz CT molecular complexity index is 532. The van der Waals surface area contributed by atoms with Gasteiger partial charge in [-0.15, -0.1) is 11.3 Å². The van der Waals surface area contributed by atoms with Gasteiger partial charge in [0.15, 0.2) is 0 Å². The van der Waals surface area contributed by atoms with Crippen molar-refractivity contribution in [2.75, 3.05) is 13.7 Å². The van der Waals surface area contributed by atoms with Crippen LogP contribution < -0.4 is 10.1 Å². The van der Waals surface area contributed by atoms with Gasteiger partial charge in [-0.3, -0.25) is 4.98 Å². The van der Waals surface area contributed by atoms with Gasteiger partial charge in [0.1, 0.15) is 5.69 Å². The van der Waals surface area contributed by atoms with E-state index in [0.29, 0.717) is 5.88 Å². The molecule has 0 fully saturated rings. The maximum Gasteiger partial charge on any atom is 0.237 e. The van der Waals surface area contributed by atoms with E-state index in [1.165, 1.54) is 4.88 Å². The number of ether oxygens (including phenoxy) is 1. The first-order chi connectivity index (χ1) is 9.27. The first-order valence-electron chi connectivity index (χ1n) is 6.09. The summed E-state index contributed by atoms with van der Waals surface area (Å²) in [6.45, 7) is 3.05. The van der Waals surface area contributed by atoms with Gasteiger partial charge < -0.3 is 10.1 Å². The fourth-order valence-electron chi connectivity index (χ4n) is 1.80. The Morgan fingerprint density at radius 1 is 1.42 bits per heavy atom. The summed E-state index contributed by atoms with van der Waals surface area (Å²) in [5.41, 5.74) is 0.821. The molecular formula is C13H16BrN3OS. The first kappa shape index (κ1) is 14.4. The van der Waals surface area contributed by atoms with Crippen LogP contribution in [-0.2, 0) is 0 Å². The quantitative estimate of drug-likeness (QED) is 0.874. The van der Waals surface area contributed by atoms with Gasteiger partial charge in [-0.2, -0.15) is 0 Å². The van der Waals surface area contributed by atoms with Gasteiger partial charge in [0.25, 0.3) is 0 Å². The van der Waals surface area contributed by atoms with Gasteiger partial charge in [-0.05, 0) is 40.3 Å². The first-order valence-corrected chi connectivity index (χ1v) is 7.76. The number of methoxy groups -OCH3 is 1. The highest BCUT2D eigenvalue weighted by Gasteiger charge is 2.23. The molecule has 6 heteroatoms. The van der Waals surface area contributed by atoms with Crippen molar-refractivity contribution in [1.82, 2.24) is 15.3 Å². The number of nitrogens with zero attached hydrogens (tertiary/aromatic N) is 2. The molecule has 0 aromatic carbocycles. The third-order valence-corrected chi connectivity index (χ3v) is 4.60. The molecule has 0 aliphatic heterocycles. The number of nitrogens with one attached hydrogen (secondary N) is 1. The maximum atomic E-state index is 5.32. The Balaban J connectivity index is 2.40. The molecule has 2 rings (SSSR count). The molecule has 0 saturated heterocycles. The average Bonchev–Trinajstić information content (AvgIpc) is 2.86. The van der Waals surface area contributed by atoms with E-state index in [9.17, 15) is 0 Å². The molecule has 2 aromatic heterocycles. The molecule has 1 unspecified atom stereocenters.